The van der Waals surface area contributed by atoms with Gasteiger partial charge in [0.05, 0.1) is 16.1 Å². The topological polar surface area (TPSA) is 86.5 Å². The summed E-state index contributed by atoms with van der Waals surface area (Å²) in [6, 6.07) is 12.5. The number of benzene rings is 2. The number of nitrogen functional groups attached to an aromatic ring is 1. The van der Waals surface area contributed by atoms with E-state index < -0.39 is 23.4 Å². The van der Waals surface area contributed by atoms with Crippen LogP contribution in [0.1, 0.15) is 41.7 Å². The van der Waals surface area contributed by atoms with Gasteiger partial charge in [0.1, 0.15) is 18.0 Å². The molecule has 1 fully saturated rings. The van der Waals surface area contributed by atoms with Crippen molar-refractivity contribution in [2.45, 2.75) is 50.1 Å². The zero-order valence-electron chi connectivity index (χ0n) is 18.0. The number of nitrogens with two attached hydrogens (primary N) is 1. The number of nitrogens with one attached hydrogen (secondary N) is 1. The molecular weight excluding hydrogens is 467 g/mol. The van der Waals surface area contributed by atoms with Crippen molar-refractivity contribution >= 4 is 22.6 Å². The summed E-state index contributed by atoms with van der Waals surface area (Å²) in [5.41, 5.74) is 6.19. The van der Waals surface area contributed by atoms with Crippen LogP contribution in [-0.4, -0.2) is 17.1 Å². The number of alkyl halides is 3. The van der Waals surface area contributed by atoms with E-state index in [4.69, 9.17) is 15.2 Å². The van der Waals surface area contributed by atoms with Crippen LogP contribution in [0, 0.1) is 0 Å². The molecule has 1 spiro atoms. The Bertz CT molecular complexity index is 1220. The molecule has 1 aliphatic carbocycles. The highest BCUT2D eigenvalue weighted by Gasteiger charge is 2.48. The van der Waals surface area contributed by atoms with Crippen LogP contribution in [0.4, 0.5) is 23.1 Å². The van der Waals surface area contributed by atoms with Crippen LogP contribution in [-0.2, 0) is 23.1 Å². The number of hydrogen-bond acceptors (Lipinski definition) is 6. The third-order valence-corrected chi connectivity index (χ3v) is 7.24. The Balaban J connectivity index is 1.38. The average molecular weight is 490 g/mol. The molecule has 5 rings (SSSR count). The lowest BCUT2D eigenvalue weighted by atomic mass is 9.78. The minimum Gasteiger partial charge on any atom is -0.481 e. The lowest BCUT2D eigenvalue weighted by Gasteiger charge is -2.43. The number of ether oxygens (including phenoxy) is 2. The molecule has 2 heterocycles. The third kappa shape index (κ3) is 4.29. The molecule has 0 saturated heterocycles. The first-order chi connectivity index (χ1) is 16.2. The van der Waals surface area contributed by atoms with Crippen LogP contribution < -0.4 is 15.8 Å². The second kappa shape index (κ2) is 8.50. The number of aromatic nitrogens is 1. The van der Waals surface area contributed by atoms with E-state index in [0.29, 0.717) is 42.1 Å². The number of amides is 1. The summed E-state index contributed by atoms with van der Waals surface area (Å²) in [7, 11) is 0. The van der Waals surface area contributed by atoms with Crippen molar-refractivity contribution in [3.05, 3.63) is 64.5 Å². The lowest BCUT2D eigenvalue weighted by molar-refractivity contribution is -0.137. The van der Waals surface area contributed by atoms with Gasteiger partial charge in [0.2, 0.25) is 0 Å². The summed E-state index contributed by atoms with van der Waals surface area (Å²) >= 11 is 1.27. The maximum atomic E-state index is 13.3. The van der Waals surface area contributed by atoms with Crippen molar-refractivity contribution in [1.82, 2.24) is 10.3 Å². The highest BCUT2D eigenvalue weighted by molar-refractivity contribution is 7.16. The second-order valence-corrected chi connectivity index (χ2v) is 9.56. The highest BCUT2D eigenvalue weighted by Crippen LogP contribution is 2.54. The summed E-state index contributed by atoms with van der Waals surface area (Å²) in [5, 5.41) is 3.21. The molecule has 0 bridgehead atoms. The van der Waals surface area contributed by atoms with E-state index in [2.05, 4.69) is 10.3 Å². The molecule has 3 aromatic rings. The van der Waals surface area contributed by atoms with Crippen LogP contribution in [0.5, 0.6) is 5.75 Å². The van der Waals surface area contributed by atoms with Crippen LogP contribution in [0.25, 0.3) is 11.3 Å². The fourth-order valence-corrected chi connectivity index (χ4v) is 5.66. The minimum atomic E-state index is -4.49. The molecule has 6 nitrogen and oxygen atoms in total. The SMILES string of the molecule is Nc1nc2c(s1)C1(CCCC(NC(=O)OCc3ccccc3)C1)Oc1cc(C(F)(F)F)ccc1-2. The van der Waals surface area contributed by atoms with Gasteiger partial charge in [-0.3, -0.25) is 0 Å². The fourth-order valence-electron chi connectivity index (χ4n) is 4.65. The van der Waals surface area contributed by atoms with Crippen LogP contribution in [0.3, 0.4) is 0 Å². The van der Waals surface area contributed by atoms with Crippen LogP contribution in [0.2, 0.25) is 0 Å². The average Bonchev–Trinajstić information content (AvgIpc) is 3.20. The molecule has 0 radical (unpaired) electrons. The molecule has 2 unspecified atom stereocenters. The van der Waals surface area contributed by atoms with Crippen molar-refractivity contribution < 1.29 is 27.4 Å². The number of hydrogen-bond donors (Lipinski definition) is 2. The molecule has 2 aromatic carbocycles. The van der Waals surface area contributed by atoms with Gasteiger partial charge < -0.3 is 20.5 Å². The Hall–Kier alpha value is -3.27. The van der Waals surface area contributed by atoms with Gasteiger partial charge in [0.25, 0.3) is 0 Å². The molecular formula is C24H22F3N3O3S. The molecule has 1 aromatic heterocycles. The number of nitrogens with zero attached hydrogens (tertiary/aromatic N) is 1. The van der Waals surface area contributed by atoms with Gasteiger partial charge in [-0.25, -0.2) is 9.78 Å². The van der Waals surface area contributed by atoms with Gasteiger partial charge in [-0.1, -0.05) is 41.7 Å². The van der Waals surface area contributed by atoms with E-state index in [9.17, 15) is 18.0 Å². The largest absolute Gasteiger partial charge is 0.481 e. The van der Waals surface area contributed by atoms with Gasteiger partial charge >= 0.3 is 12.3 Å². The Kier molecular flexibility index (Phi) is 5.63. The van der Waals surface area contributed by atoms with Crippen molar-refractivity contribution in [3.8, 4) is 17.0 Å². The molecule has 2 aliphatic rings. The van der Waals surface area contributed by atoms with Gasteiger partial charge in [-0.15, -0.1) is 0 Å². The van der Waals surface area contributed by atoms with E-state index in [-0.39, 0.29) is 18.4 Å². The molecule has 1 aliphatic heterocycles. The zero-order valence-corrected chi connectivity index (χ0v) is 18.8. The smallest absolute Gasteiger partial charge is 0.416 e. The predicted molar refractivity (Wildman–Crippen MR) is 121 cm³/mol. The molecule has 1 amide bonds. The van der Waals surface area contributed by atoms with Crippen molar-refractivity contribution in [3.63, 3.8) is 0 Å². The highest BCUT2D eigenvalue weighted by atomic mass is 32.1. The normalized spacial score (nSPS) is 21.3. The standard InChI is InChI=1S/C24H22F3N3O3S/c25-24(26,27)15-8-9-17-18(11-15)33-23(20-19(17)30-21(28)34-20)10-4-7-16(12-23)29-22(31)32-13-14-5-2-1-3-6-14/h1-3,5-6,8-9,11,16H,4,7,10,12-13H2,(H2,28,30)(H,29,31). The fraction of sp³-hybridized carbons (Fsp3) is 0.333. The van der Waals surface area contributed by atoms with E-state index in [1.807, 2.05) is 30.3 Å². The molecule has 178 valence electrons. The number of alkyl carbamates (subject to hydrolysis) is 1. The lowest BCUT2D eigenvalue weighted by Crippen LogP contribution is -2.47. The molecule has 34 heavy (non-hydrogen) atoms. The van der Waals surface area contributed by atoms with Crippen molar-refractivity contribution in [2.24, 2.45) is 0 Å². The number of rotatable bonds is 3. The van der Waals surface area contributed by atoms with Gasteiger partial charge in [-0.2, -0.15) is 13.2 Å². The first-order valence-corrected chi connectivity index (χ1v) is 11.7. The number of halogens is 3. The van der Waals surface area contributed by atoms with E-state index in [1.54, 1.807) is 0 Å². The van der Waals surface area contributed by atoms with E-state index in [0.717, 1.165) is 22.6 Å². The van der Waals surface area contributed by atoms with Crippen molar-refractivity contribution in [1.29, 1.82) is 0 Å². The summed E-state index contributed by atoms with van der Waals surface area (Å²) in [5.74, 6) is 0.125. The molecule has 3 N–H and O–H groups in total. The Morgan fingerprint density at radius 2 is 2.06 bits per heavy atom. The third-order valence-electron chi connectivity index (χ3n) is 6.17. The second-order valence-electron chi connectivity index (χ2n) is 8.53. The summed E-state index contributed by atoms with van der Waals surface area (Å²) < 4.78 is 51.7. The molecule has 1 saturated carbocycles. The van der Waals surface area contributed by atoms with Gasteiger partial charge in [0, 0.05) is 18.0 Å². The Morgan fingerprint density at radius 1 is 1.26 bits per heavy atom. The van der Waals surface area contributed by atoms with E-state index in [1.165, 1.54) is 17.4 Å². The maximum Gasteiger partial charge on any atom is 0.416 e. The predicted octanol–water partition coefficient (Wildman–Crippen LogP) is 5.87. The monoisotopic (exact) mass is 489 g/mol. The van der Waals surface area contributed by atoms with Crippen LogP contribution >= 0.6 is 11.3 Å². The number of anilines is 1. The summed E-state index contributed by atoms with van der Waals surface area (Å²) in [4.78, 5) is 17.6. The van der Waals surface area contributed by atoms with Gasteiger partial charge in [-0.05, 0) is 43.0 Å². The minimum absolute atomic E-state index is 0.125. The number of carbonyl (C=O) groups excluding carboxylic acids is 1. The van der Waals surface area contributed by atoms with E-state index >= 15 is 0 Å². The molecule has 2 atom stereocenters. The Morgan fingerprint density at radius 3 is 2.82 bits per heavy atom. The first-order valence-electron chi connectivity index (χ1n) is 10.9. The summed E-state index contributed by atoms with van der Waals surface area (Å²) in [6.07, 6.45) is -2.69. The van der Waals surface area contributed by atoms with Crippen LogP contribution in [0.15, 0.2) is 48.5 Å². The zero-order chi connectivity index (χ0) is 23.9. The summed E-state index contributed by atoms with van der Waals surface area (Å²) in [6.45, 7) is 0.143. The maximum absolute atomic E-state index is 13.3. The van der Waals surface area contributed by atoms with Crippen molar-refractivity contribution in [2.75, 3.05) is 5.73 Å². The molecule has 10 heteroatoms. The van der Waals surface area contributed by atoms with Gasteiger partial charge in [0.15, 0.2) is 5.13 Å². The first kappa shape index (κ1) is 22.5. The quantitative estimate of drug-likeness (QED) is 0.481. The number of fused-ring (bicyclic) bond motifs is 4. The number of carbonyl (C=O) groups is 1. The number of thiazole rings is 1. The Labute approximate surface area is 197 Å².